The van der Waals surface area contributed by atoms with Crippen molar-refractivity contribution in [1.29, 1.82) is 0 Å². The zero-order valence-electron chi connectivity index (χ0n) is 8.91. The second kappa shape index (κ2) is 3.44. The zero-order valence-corrected chi connectivity index (χ0v) is 8.91. The van der Waals surface area contributed by atoms with Gasteiger partial charge in [-0.25, -0.2) is 15.0 Å². The Morgan fingerprint density at radius 3 is 2.65 bits per heavy atom. The van der Waals surface area contributed by atoms with Crippen molar-refractivity contribution >= 4 is 22.7 Å². The van der Waals surface area contributed by atoms with Gasteiger partial charge in [0.1, 0.15) is 18.2 Å². The second-order valence-electron chi connectivity index (χ2n) is 3.60. The number of imidazole rings is 1. The molecule has 0 aliphatic carbocycles. The number of hydrogen-bond donors (Lipinski definition) is 2. The van der Waals surface area contributed by atoms with Crippen LogP contribution >= 0.6 is 0 Å². The largest absolute Gasteiger partial charge is 0.397 e. The third-order valence-corrected chi connectivity index (χ3v) is 2.56. The van der Waals surface area contributed by atoms with Gasteiger partial charge in [0, 0.05) is 0 Å². The molecule has 3 rings (SSSR count). The minimum atomic E-state index is 0.385. The monoisotopic (exact) mass is 226 g/mol. The fourth-order valence-corrected chi connectivity index (χ4v) is 1.77. The number of nitrogens with zero attached hydrogens (tertiary/aromatic N) is 4. The van der Waals surface area contributed by atoms with Crippen LogP contribution in [0.5, 0.6) is 0 Å². The summed E-state index contributed by atoms with van der Waals surface area (Å²) in [5, 5.41) is 0. The van der Waals surface area contributed by atoms with E-state index < -0.39 is 0 Å². The molecule has 6 heteroatoms. The molecule has 0 bridgehead atoms. The molecule has 0 saturated carbocycles. The highest BCUT2D eigenvalue weighted by Gasteiger charge is 2.10. The van der Waals surface area contributed by atoms with Crippen molar-refractivity contribution in [2.45, 2.75) is 0 Å². The lowest BCUT2D eigenvalue weighted by Crippen LogP contribution is -2.01. The van der Waals surface area contributed by atoms with Gasteiger partial charge in [-0.15, -0.1) is 0 Å². The smallest absolute Gasteiger partial charge is 0.183 e. The number of para-hydroxylation sites is 2. The maximum atomic E-state index is 5.92. The van der Waals surface area contributed by atoms with Gasteiger partial charge in [0.15, 0.2) is 11.5 Å². The Bertz CT molecular complexity index is 687. The van der Waals surface area contributed by atoms with Crippen LogP contribution in [0.2, 0.25) is 0 Å². The molecule has 0 radical (unpaired) electrons. The SMILES string of the molecule is Nc1ccccc1-n1cnc2ncnc(N)c21. The minimum absolute atomic E-state index is 0.385. The van der Waals surface area contributed by atoms with E-state index in [1.165, 1.54) is 6.33 Å². The van der Waals surface area contributed by atoms with E-state index in [0.29, 0.717) is 22.7 Å². The topological polar surface area (TPSA) is 95.6 Å². The highest BCUT2D eigenvalue weighted by molar-refractivity contribution is 5.84. The average molecular weight is 226 g/mol. The Kier molecular flexibility index (Phi) is 1.94. The standard InChI is InChI=1S/C11H10N6/c12-7-3-1-2-4-8(7)17-6-16-11-9(17)10(13)14-5-15-11/h1-6H,12H2,(H2,13,14,15). The Hall–Kier alpha value is -2.63. The number of nitrogens with two attached hydrogens (primary N) is 2. The number of anilines is 2. The molecule has 2 aromatic heterocycles. The molecule has 0 saturated heterocycles. The summed E-state index contributed by atoms with van der Waals surface area (Å²) in [6.45, 7) is 0. The van der Waals surface area contributed by atoms with Crippen molar-refractivity contribution in [2.75, 3.05) is 11.5 Å². The fourth-order valence-electron chi connectivity index (χ4n) is 1.77. The zero-order chi connectivity index (χ0) is 11.8. The third kappa shape index (κ3) is 1.38. The first kappa shape index (κ1) is 9.59. The van der Waals surface area contributed by atoms with E-state index in [4.69, 9.17) is 11.5 Å². The van der Waals surface area contributed by atoms with Gasteiger partial charge in [-0.05, 0) is 12.1 Å². The molecule has 3 aromatic rings. The lowest BCUT2D eigenvalue weighted by molar-refractivity contribution is 1.09. The number of rotatable bonds is 1. The summed E-state index contributed by atoms with van der Waals surface area (Å²) >= 11 is 0. The number of benzene rings is 1. The van der Waals surface area contributed by atoms with Crippen LogP contribution in [-0.4, -0.2) is 19.5 Å². The van der Waals surface area contributed by atoms with Gasteiger partial charge in [0.2, 0.25) is 0 Å². The maximum absolute atomic E-state index is 5.92. The Morgan fingerprint density at radius 1 is 1.00 bits per heavy atom. The average Bonchev–Trinajstić information content (AvgIpc) is 2.75. The van der Waals surface area contributed by atoms with Gasteiger partial charge in [0.25, 0.3) is 0 Å². The van der Waals surface area contributed by atoms with Gasteiger partial charge in [-0.1, -0.05) is 12.1 Å². The predicted octanol–water partition coefficient (Wildman–Crippen LogP) is 0.980. The first-order valence-electron chi connectivity index (χ1n) is 5.06. The molecular weight excluding hydrogens is 216 g/mol. The summed E-state index contributed by atoms with van der Waals surface area (Å²) in [6, 6.07) is 7.49. The molecule has 4 N–H and O–H groups in total. The van der Waals surface area contributed by atoms with Gasteiger partial charge >= 0.3 is 0 Å². The van der Waals surface area contributed by atoms with E-state index in [-0.39, 0.29) is 0 Å². The first-order valence-corrected chi connectivity index (χ1v) is 5.06. The van der Waals surface area contributed by atoms with Crippen LogP contribution in [0.4, 0.5) is 11.5 Å². The van der Waals surface area contributed by atoms with Crippen LogP contribution in [0.3, 0.4) is 0 Å². The second-order valence-corrected chi connectivity index (χ2v) is 3.60. The molecule has 0 atom stereocenters. The molecule has 6 nitrogen and oxygen atoms in total. The number of aromatic nitrogens is 4. The van der Waals surface area contributed by atoms with Crippen LogP contribution in [0.15, 0.2) is 36.9 Å². The molecule has 0 aliphatic rings. The molecule has 17 heavy (non-hydrogen) atoms. The van der Waals surface area contributed by atoms with Crippen LogP contribution in [0.25, 0.3) is 16.9 Å². The quantitative estimate of drug-likeness (QED) is 0.603. The van der Waals surface area contributed by atoms with Crippen LogP contribution in [0, 0.1) is 0 Å². The van der Waals surface area contributed by atoms with Gasteiger partial charge < -0.3 is 11.5 Å². The summed E-state index contributed by atoms with van der Waals surface area (Å²) in [4.78, 5) is 12.2. The lowest BCUT2D eigenvalue weighted by Gasteiger charge is -2.07. The normalized spacial score (nSPS) is 10.8. The summed E-state index contributed by atoms with van der Waals surface area (Å²) in [5.41, 5.74) is 14.5. The van der Waals surface area contributed by atoms with Crippen LogP contribution in [-0.2, 0) is 0 Å². The molecule has 0 aliphatic heterocycles. The molecule has 0 unspecified atom stereocenters. The molecule has 0 amide bonds. The van der Waals surface area contributed by atoms with Gasteiger partial charge in [0.05, 0.1) is 11.4 Å². The van der Waals surface area contributed by atoms with Crippen molar-refractivity contribution < 1.29 is 0 Å². The lowest BCUT2D eigenvalue weighted by atomic mass is 10.2. The number of fused-ring (bicyclic) bond motifs is 1. The first-order chi connectivity index (χ1) is 8.27. The van der Waals surface area contributed by atoms with Crippen molar-refractivity contribution in [3.63, 3.8) is 0 Å². The third-order valence-electron chi connectivity index (χ3n) is 2.56. The van der Waals surface area contributed by atoms with E-state index in [1.54, 1.807) is 10.9 Å². The predicted molar refractivity (Wildman–Crippen MR) is 65.5 cm³/mol. The fraction of sp³-hybridized carbons (Fsp3) is 0. The van der Waals surface area contributed by atoms with E-state index in [9.17, 15) is 0 Å². The molecule has 0 spiro atoms. The van der Waals surface area contributed by atoms with Gasteiger partial charge in [-0.3, -0.25) is 4.57 Å². The number of nitrogen functional groups attached to an aromatic ring is 2. The van der Waals surface area contributed by atoms with Gasteiger partial charge in [-0.2, -0.15) is 0 Å². The summed E-state index contributed by atoms with van der Waals surface area (Å²) in [6.07, 6.45) is 3.03. The van der Waals surface area contributed by atoms with E-state index in [2.05, 4.69) is 15.0 Å². The van der Waals surface area contributed by atoms with E-state index in [0.717, 1.165) is 5.69 Å². The van der Waals surface area contributed by atoms with Crippen molar-refractivity contribution in [2.24, 2.45) is 0 Å². The van der Waals surface area contributed by atoms with Crippen molar-refractivity contribution in [3.05, 3.63) is 36.9 Å². The Balaban J connectivity index is 2.36. The molecule has 2 heterocycles. The Labute approximate surface area is 96.9 Å². The molecule has 0 fully saturated rings. The van der Waals surface area contributed by atoms with Crippen molar-refractivity contribution in [3.8, 4) is 5.69 Å². The van der Waals surface area contributed by atoms with Crippen LogP contribution < -0.4 is 11.5 Å². The van der Waals surface area contributed by atoms with E-state index >= 15 is 0 Å². The summed E-state index contributed by atoms with van der Waals surface area (Å²) in [7, 11) is 0. The number of hydrogen-bond acceptors (Lipinski definition) is 5. The molecule has 84 valence electrons. The Morgan fingerprint density at radius 2 is 1.82 bits per heavy atom. The molecule has 1 aromatic carbocycles. The summed E-state index contributed by atoms with van der Waals surface area (Å²) < 4.78 is 1.79. The van der Waals surface area contributed by atoms with Crippen LogP contribution in [0.1, 0.15) is 0 Å². The minimum Gasteiger partial charge on any atom is -0.397 e. The molecular formula is C11H10N6. The summed E-state index contributed by atoms with van der Waals surface area (Å²) in [5.74, 6) is 0.385. The maximum Gasteiger partial charge on any atom is 0.183 e. The highest BCUT2D eigenvalue weighted by atomic mass is 15.1. The van der Waals surface area contributed by atoms with Crippen molar-refractivity contribution in [1.82, 2.24) is 19.5 Å². The van der Waals surface area contributed by atoms with E-state index in [1.807, 2.05) is 24.3 Å². The highest BCUT2D eigenvalue weighted by Crippen LogP contribution is 2.23.